The number of alkyl halides is 4. The van der Waals surface area contributed by atoms with E-state index in [1.165, 1.54) is 12.1 Å². The quantitative estimate of drug-likeness (QED) is 0.234. The second kappa shape index (κ2) is 7.58. The number of halogens is 5. The van der Waals surface area contributed by atoms with Gasteiger partial charge < -0.3 is 10.6 Å². The molecular formula is C16H10F5N5O2. The first-order valence-corrected chi connectivity index (χ1v) is 7.54. The Labute approximate surface area is 153 Å². The van der Waals surface area contributed by atoms with Gasteiger partial charge in [-0.3, -0.25) is 0 Å². The Bertz CT molecular complexity index is 1050. The van der Waals surface area contributed by atoms with Crippen molar-refractivity contribution < 1.29 is 31.6 Å². The molecule has 12 heteroatoms. The van der Waals surface area contributed by atoms with Crippen LogP contribution in [0.25, 0.3) is 5.65 Å². The van der Waals surface area contributed by atoms with E-state index < -0.39 is 47.4 Å². The molecule has 1 aromatic carbocycles. The largest absolute Gasteiger partial charge is 0.385 e. The van der Waals surface area contributed by atoms with Crippen LogP contribution in [0.3, 0.4) is 0 Å². The van der Waals surface area contributed by atoms with E-state index >= 15 is 0 Å². The lowest BCUT2D eigenvalue weighted by Gasteiger charge is -2.06. The first-order chi connectivity index (χ1) is 13.3. The number of carbonyl (C=O) groups excluding carboxylic acids is 1. The summed E-state index contributed by atoms with van der Waals surface area (Å²) in [6.45, 7) is 0. The molecule has 0 aliphatic heterocycles. The molecule has 0 atom stereocenters. The zero-order valence-electron chi connectivity index (χ0n) is 13.7. The maximum atomic E-state index is 13.1. The van der Waals surface area contributed by atoms with Crippen molar-refractivity contribution >= 4 is 17.5 Å². The van der Waals surface area contributed by atoms with E-state index in [1.807, 2.05) is 0 Å². The number of fused-ring (bicyclic) bond motifs is 1. The monoisotopic (exact) mass is 399 g/mol. The fourth-order valence-corrected chi connectivity index (χ4v) is 2.20. The van der Waals surface area contributed by atoms with E-state index in [0.717, 1.165) is 18.2 Å². The number of amidine groups is 1. The number of nitrogens with zero attached hydrogens (tertiary/aromatic N) is 4. The minimum atomic E-state index is -3.14. The van der Waals surface area contributed by atoms with Crippen molar-refractivity contribution in [1.82, 2.24) is 14.6 Å². The summed E-state index contributed by atoms with van der Waals surface area (Å²) in [6, 6.07) is 6.19. The lowest BCUT2D eigenvalue weighted by Crippen LogP contribution is -2.15. The van der Waals surface area contributed by atoms with E-state index in [4.69, 9.17) is 5.73 Å². The molecule has 0 bridgehead atoms. The molecule has 0 aliphatic carbocycles. The molecule has 3 rings (SSSR count). The van der Waals surface area contributed by atoms with E-state index in [-0.39, 0.29) is 11.4 Å². The summed E-state index contributed by atoms with van der Waals surface area (Å²) in [5, 5.41) is 6.95. The van der Waals surface area contributed by atoms with Crippen LogP contribution in [0, 0.1) is 5.82 Å². The lowest BCUT2D eigenvalue weighted by molar-refractivity contribution is 0.0508. The van der Waals surface area contributed by atoms with Crippen LogP contribution in [0.2, 0.25) is 0 Å². The number of hydrogen-bond donors (Lipinski definition) is 1. The molecule has 7 nitrogen and oxygen atoms in total. The molecule has 0 unspecified atom stereocenters. The van der Waals surface area contributed by atoms with Gasteiger partial charge in [0.05, 0.1) is 0 Å². The van der Waals surface area contributed by atoms with Gasteiger partial charge in [-0.05, 0) is 30.3 Å². The summed E-state index contributed by atoms with van der Waals surface area (Å²) >= 11 is 0. The zero-order valence-corrected chi connectivity index (χ0v) is 13.7. The molecule has 0 radical (unpaired) electrons. The molecule has 146 valence electrons. The number of oxime groups is 1. The Hall–Kier alpha value is -3.57. The van der Waals surface area contributed by atoms with Crippen LogP contribution in [-0.4, -0.2) is 26.4 Å². The number of benzene rings is 1. The van der Waals surface area contributed by atoms with Gasteiger partial charge in [-0.25, -0.2) is 36.2 Å². The number of rotatable bonds is 5. The molecule has 0 fully saturated rings. The Balaban J connectivity index is 1.88. The third-order valence-corrected chi connectivity index (χ3v) is 3.50. The molecule has 0 saturated heterocycles. The highest BCUT2D eigenvalue weighted by molar-refractivity contribution is 5.98. The Morgan fingerprint density at radius 1 is 1.11 bits per heavy atom. The van der Waals surface area contributed by atoms with E-state index in [2.05, 4.69) is 20.1 Å². The highest BCUT2D eigenvalue weighted by Crippen LogP contribution is 2.25. The summed E-state index contributed by atoms with van der Waals surface area (Å²) in [7, 11) is 0. The van der Waals surface area contributed by atoms with Gasteiger partial charge in [0.25, 0.3) is 12.9 Å². The average Bonchev–Trinajstić information content (AvgIpc) is 3.09. The number of hydrogen-bond acceptors (Lipinski definition) is 5. The van der Waals surface area contributed by atoms with Crippen LogP contribution in [0.1, 0.15) is 40.3 Å². The van der Waals surface area contributed by atoms with Crippen molar-refractivity contribution in [3.63, 3.8) is 0 Å². The topological polar surface area (TPSA) is 94.9 Å². The van der Waals surface area contributed by atoms with Gasteiger partial charge in [-0.2, -0.15) is 5.10 Å². The first kappa shape index (κ1) is 19.2. The smallest absolute Gasteiger partial charge is 0.380 e. The summed E-state index contributed by atoms with van der Waals surface area (Å²) in [5.74, 6) is -1.96. The van der Waals surface area contributed by atoms with Crippen LogP contribution in [0.5, 0.6) is 0 Å². The molecule has 0 amide bonds. The average molecular weight is 399 g/mol. The number of aromatic nitrogens is 3. The maximum Gasteiger partial charge on any atom is 0.385 e. The highest BCUT2D eigenvalue weighted by atomic mass is 19.3. The fraction of sp³-hybridized carbons (Fsp3) is 0.125. The van der Waals surface area contributed by atoms with Gasteiger partial charge in [0, 0.05) is 11.6 Å². The molecule has 2 N–H and O–H groups in total. The van der Waals surface area contributed by atoms with Gasteiger partial charge in [0.15, 0.2) is 17.2 Å². The summed E-state index contributed by atoms with van der Waals surface area (Å²) < 4.78 is 65.3. The third-order valence-electron chi connectivity index (χ3n) is 3.50. The van der Waals surface area contributed by atoms with E-state index in [0.29, 0.717) is 10.6 Å². The predicted molar refractivity (Wildman–Crippen MR) is 85.4 cm³/mol. The van der Waals surface area contributed by atoms with Crippen molar-refractivity contribution in [3.8, 4) is 0 Å². The van der Waals surface area contributed by atoms with Crippen molar-refractivity contribution in [1.29, 1.82) is 0 Å². The standard InChI is InChI=1S/C16H10F5N5O2/c17-8-3-1-7(2-4-8)15(22)25-28-16(27)10-6-12-23-9(13(18)19)5-11(14(20)21)26(12)24-10/h1-6,13-14H,(H2,22,25). The minimum Gasteiger partial charge on any atom is -0.380 e. The Kier molecular flexibility index (Phi) is 5.20. The molecule has 2 aromatic heterocycles. The summed E-state index contributed by atoms with van der Waals surface area (Å²) in [5.41, 5.74) is 3.20. The van der Waals surface area contributed by atoms with Crippen molar-refractivity contribution in [2.45, 2.75) is 12.9 Å². The number of carbonyl (C=O) groups is 1. The minimum absolute atomic E-state index is 0.257. The van der Waals surface area contributed by atoms with Crippen LogP contribution in [0.4, 0.5) is 22.0 Å². The molecule has 28 heavy (non-hydrogen) atoms. The normalized spacial score (nSPS) is 12.2. The molecule has 0 aliphatic rings. The van der Waals surface area contributed by atoms with E-state index in [1.54, 1.807) is 0 Å². The van der Waals surface area contributed by atoms with Gasteiger partial charge in [-0.1, -0.05) is 5.16 Å². The molecular weight excluding hydrogens is 389 g/mol. The van der Waals surface area contributed by atoms with Crippen molar-refractivity contribution in [2.24, 2.45) is 10.9 Å². The van der Waals surface area contributed by atoms with Crippen LogP contribution in [-0.2, 0) is 4.84 Å². The molecule has 0 spiro atoms. The second-order valence-electron chi connectivity index (χ2n) is 5.37. The number of nitrogens with two attached hydrogens (primary N) is 1. The van der Waals surface area contributed by atoms with Gasteiger partial charge >= 0.3 is 5.97 Å². The van der Waals surface area contributed by atoms with Gasteiger partial charge in [-0.15, -0.1) is 0 Å². The Morgan fingerprint density at radius 3 is 2.39 bits per heavy atom. The fourth-order valence-electron chi connectivity index (χ4n) is 2.20. The molecule has 2 heterocycles. The van der Waals surface area contributed by atoms with Crippen LogP contribution in [0.15, 0.2) is 41.6 Å². The first-order valence-electron chi connectivity index (χ1n) is 7.54. The van der Waals surface area contributed by atoms with Crippen LogP contribution < -0.4 is 5.73 Å². The molecule has 3 aromatic rings. The highest BCUT2D eigenvalue weighted by Gasteiger charge is 2.22. The third kappa shape index (κ3) is 3.89. The van der Waals surface area contributed by atoms with Crippen molar-refractivity contribution in [3.05, 3.63) is 64.9 Å². The summed E-state index contributed by atoms with van der Waals surface area (Å²) in [6.07, 6.45) is -6.23. The maximum absolute atomic E-state index is 13.1. The lowest BCUT2D eigenvalue weighted by atomic mass is 10.2. The second-order valence-corrected chi connectivity index (χ2v) is 5.37. The summed E-state index contributed by atoms with van der Waals surface area (Å²) in [4.78, 5) is 20.1. The SMILES string of the molecule is N/C(=N\OC(=O)c1cc2nc(C(F)F)cc(C(F)F)n2n1)c1ccc(F)cc1. The zero-order chi connectivity index (χ0) is 20.4. The van der Waals surface area contributed by atoms with Gasteiger partial charge in [0.2, 0.25) is 0 Å². The Morgan fingerprint density at radius 2 is 1.79 bits per heavy atom. The van der Waals surface area contributed by atoms with Gasteiger partial charge in [0.1, 0.15) is 17.2 Å². The van der Waals surface area contributed by atoms with Crippen LogP contribution >= 0.6 is 0 Å². The molecule has 0 saturated carbocycles. The predicted octanol–water partition coefficient (Wildman–Crippen LogP) is 3.22. The van der Waals surface area contributed by atoms with Crippen molar-refractivity contribution in [2.75, 3.05) is 0 Å². The van der Waals surface area contributed by atoms with E-state index in [9.17, 15) is 26.7 Å².